The average Bonchev–Trinajstić information content (AvgIpc) is 2.53. The van der Waals surface area contributed by atoms with Crippen LogP contribution < -0.4 is 4.74 Å². The molecule has 1 aromatic heterocycles. The molecule has 0 saturated heterocycles. The van der Waals surface area contributed by atoms with Crippen molar-refractivity contribution in [2.75, 3.05) is 0 Å². The standard InChI is InChI=1S/C10H14O3S/c1-3-4-7(2)13-8-5-9(10(11)12)14-6-8/h5-7H,3-4H2,1-2H3,(H,11,12). The number of thiophene rings is 1. The molecule has 1 unspecified atom stereocenters. The van der Waals surface area contributed by atoms with Crippen LogP contribution in [0, 0.1) is 0 Å². The van der Waals surface area contributed by atoms with Gasteiger partial charge in [0.1, 0.15) is 10.6 Å². The number of carbonyl (C=O) groups is 1. The van der Waals surface area contributed by atoms with E-state index >= 15 is 0 Å². The van der Waals surface area contributed by atoms with Gasteiger partial charge in [-0.2, -0.15) is 0 Å². The van der Waals surface area contributed by atoms with Crippen molar-refractivity contribution in [2.45, 2.75) is 32.8 Å². The second kappa shape index (κ2) is 5.00. The Bertz CT molecular complexity index is 306. The fourth-order valence-corrected chi connectivity index (χ4v) is 1.84. The Morgan fingerprint density at radius 1 is 1.71 bits per heavy atom. The fourth-order valence-electron chi connectivity index (χ4n) is 1.19. The van der Waals surface area contributed by atoms with Crippen molar-refractivity contribution >= 4 is 17.3 Å². The molecule has 78 valence electrons. The Hall–Kier alpha value is -1.03. The van der Waals surface area contributed by atoms with E-state index in [1.165, 1.54) is 11.3 Å². The van der Waals surface area contributed by atoms with Crippen molar-refractivity contribution in [2.24, 2.45) is 0 Å². The molecule has 1 aromatic rings. The Labute approximate surface area is 87.3 Å². The van der Waals surface area contributed by atoms with Gasteiger partial charge in [0.25, 0.3) is 0 Å². The lowest BCUT2D eigenvalue weighted by Gasteiger charge is -2.11. The lowest BCUT2D eigenvalue weighted by molar-refractivity contribution is 0.0701. The summed E-state index contributed by atoms with van der Waals surface area (Å²) in [7, 11) is 0. The van der Waals surface area contributed by atoms with E-state index in [-0.39, 0.29) is 6.10 Å². The first-order chi connectivity index (χ1) is 6.63. The van der Waals surface area contributed by atoms with Gasteiger partial charge < -0.3 is 9.84 Å². The summed E-state index contributed by atoms with van der Waals surface area (Å²) in [5.41, 5.74) is 0. The third-order valence-electron chi connectivity index (χ3n) is 1.82. The van der Waals surface area contributed by atoms with Gasteiger partial charge in [-0.05, 0) is 13.3 Å². The van der Waals surface area contributed by atoms with Crippen LogP contribution in [-0.2, 0) is 0 Å². The number of carboxylic acids is 1. The maximum absolute atomic E-state index is 10.6. The summed E-state index contributed by atoms with van der Waals surface area (Å²) < 4.78 is 5.53. The van der Waals surface area contributed by atoms with Crippen LogP contribution in [0.3, 0.4) is 0 Å². The Morgan fingerprint density at radius 3 is 2.93 bits per heavy atom. The highest BCUT2D eigenvalue weighted by atomic mass is 32.1. The molecule has 0 amide bonds. The molecule has 4 heteroatoms. The molecule has 14 heavy (non-hydrogen) atoms. The number of rotatable bonds is 5. The molecule has 0 radical (unpaired) electrons. The molecule has 0 aromatic carbocycles. The molecular formula is C10H14O3S. The first kappa shape index (κ1) is 11.0. The molecule has 1 atom stereocenters. The normalized spacial score (nSPS) is 12.4. The topological polar surface area (TPSA) is 46.5 Å². The first-order valence-corrected chi connectivity index (χ1v) is 5.50. The van der Waals surface area contributed by atoms with E-state index in [9.17, 15) is 4.79 Å². The molecule has 0 spiro atoms. The molecule has 0 aliphatic heterocycles. The number of aromatic carboxylic acids is 1. The van der Waals surface area contributed by atoms with Crippen LogP contribution in [-0.4, -0.2) is 17.2 Å². The van der Waals surface area contributed by atoms with Gasteiger partial charge in [0.05, 0.1) is 6.10 Å². The van der Waals surface area contributed by atoms with Gasteiger partial charge in [-0.3, -0.25) is 0 Å². The number of ether oxygens (including phenoxy) is 1. The molecule has 0 aliphatic rings. The third kappa shape index (κ3) is 3.03. The van der Waals surface area contributed by atoms with Crippen molar-refractivity contribution in [1.82, 2.24) is 0 Å². The lowest BCUT2D eigenvalue weighted by atomic mass is 10.2. The maximum atomic E-state index is 10.6. The molecular weight excluding hydrogens is 200 g/mol. The van der Waals surface area contributed by atoms with Crippen molar-refractivity contribution in [1.29, 1.82) is 0 Å². The number of hydrogen-bond acceptors (Lipinski definition) is 3. The molecule has 1 N–H and O–H groups in total. The second-order valence-electron chi connectivity index (χ2n) is 3.17. The van der Waals surface area contributed by atoms with E-state index in [1.807, 2.05) is 6.92 Å². The van der Waals surface area contributed by atoms with Crippen LogP contribution >= 0.6 is 11.3 Å². The quantitative estimate of drug-likeness (QED) is 0.819. The predicted molar refractivity (Wildman–Crippen MR) is 56.3 cm³/mol. The summed E-state index contributed by atoms with van der Waals surface area (Å²) in [6, 6.07) is 1.57. The Balaban J connectivity index is 2.55. The van der Waals surface area contributed by atoms with Gasteiger partial charge in [-0.15, -0.1) is 11.3 Å². The van der Waals surface area contributed by atoms with E-state index in [4.69, 9.17) is 9.84 Å². The summed E-state index contributed by atoms with van der Waals surface area (Å²) in [4.78, 5) is 10.9. The first-order valence-electron chi connectivity index (χ1n) is 4.62. The fraction of sp³-hybridized carbons (Fsp3) is 0.500. The van der Waals surface area contributed by atoms with Crippen LogP contribution in [0.15, 0.2) is 11.4 Å². The van der Waals surface area contributed by atoms with Crippen molar-refractivity contribution in [3.05, 3.63) is 16.3 Å². The monoisotopic (exact) mass is 214 g/mol. The minimum atomic E-state index is -0.895. The zero-order valence-corrected chi connectivity index (χ0v) is 9.13. The van der Waals surface area contributed by atoms with Crippen LogP contribution in [0.1, 0.15) is 36.4 Å². The minimum Gasteiger partial charge on any atom is -0.490 e. The SMILES string of the molecule is CCCC(C)Oc1csc(C(=O)O)c1. The highest BCUT2D eigenvalue weighted by Gasteiger charge is 2.09. The van der Waals surface area contributed by atoms with Crippen LogP contribution in [0.5, 0.6) is 5.75 Å². The van der Waals surface area contributed by atoms with E-state index in [2.05, 4.69) is 6.92 Å². The summed E-state index contributed by atoms with van der Waals surface area (Å²) in [5, 5.41) is 10.4. The third-order valence-corrected chi connectivity index (χ3v) is 2.72. The zero-order chi connectivity index (χ0) is 10.6. The van der Waals surface area contributed by atoms with Crippen LogP contribution in [0.25, 0.3) is 0 Å². The van der Waals surface area contributed by atoms with Gasteiger partial charge in [0.15, 0.2) is 0 Å². The zero-order valence-electron chi connectivity index (χ0n) is 8.32. The molecule has 1 heterocycles. The van der Waals surface area contributed by atoms with Gasteiger partial charge in [0.2, 0.25) is 0 Å². The van der Waals surface area contributed by atoms with E-state index in [0.29, 0.717) is 10.6 Å². The summed E-state index contributed by atoms with van der Waals surface area (Å²) in [6.45, 7) is 4.08. The Morgan fingerprint density at radius 2 is 2.43 bits per heavy atom. The molecule has 1 rings (SSSR count). The minimum absolute atomic E-state index is 0.149. The molecule has 0 aliphatic carbocycles. The van der Waals surface area contributed by atoms with Crippen molar-refractivity contribution < 1.29 is 14.6 Å². The molecule has 0 fully saturated rings. The number of carboxylic acid groups (broad SMARTS) is 1. The smallest absolute Gasteiger partial charge is 0.346 e. The van der Waals surface area contributed by atoms with Crippen molar-refractivity contribution in [3.63, 3.8) is 0 Å². The second-order valence-corrected chi connectivity index (χ2v) is 4.08. The van der Waals surface area contributed by atoms with Gasteiger partial charge >= 0.3 is 5.97 Å². The maximum Gasteiger partial charge on any atom is 0.346 e. The van der Waals surface area contributed by atoms with Crippen molar-refractivity contribution in [3.8, 4) is 5.75 Å². The summed E-state index contributed by atoms with van der Waals surface area (Å²) in [5.74, 6) is -0.235. The lowest BCUT2D eigenvalue weighted by Crippen LogP contribution is -2.10. The van der Waals surface area contributed by atoms with Crippen LogP contribution in [0.4, 0.5) is 0 Å². The van der Waals surface area contributed by atoms with E-state index < -0.39 is 5.97 Å². The van der Waals surface area contributed by atoms with Crippen LogP contribution in [0.2, 0.25) is 0 Å². The van der Waals surface area contributed by atoms with Gasteiger partial charge in [-0.25, -0.2) is 4.79 Å². The average molecular weight is 214 g/mol. The summed E-state index contributed by atoms with van der Waals surface area (Å²) >= 11 is 1.19. The largest absolute Gasteiger partial charge is 0.490 e. The number of hydrogen-bond donors (Lipinski definition) is 1. The highest BCUT2D eigenvalue weighted by molar-refractivity contribution is 7.12. The molecule has 0 bridgehead atoms. The van der Waals surface area contributed by atoms with E-state index in [1.54, 1.807) is 11.4 Å². The highest BCUT2D eigenvalue weighted by Crippen LogP contribution is 2.23. The van der Waals surface area contributed by atoms with E-state index in [0.717, 1.165) is 12.8 Å². The van der Waals surface area contributed by atoms with Gasteiger partial charge in [0, 0.05) is 11.4 Å². The molecule has 3 nitrogen and oxygen atoms in total. The molecule has 0 saturated carbocycles. The predicted octanol–water partition coefficient (Wildman–Crippen LogP) is 3.01. The van der Waals surface area contributed by atoms with Gasteiger partial charge in [-0.1, -0.05) is 13.3 Å². The summed E-state index contributed by atoms with van der Waals surface area (Å²) in [6.07, 6.45) is 2.20. The Kier molecular flexibility index (Phi) is 3.95.